The molecule has 0 aliphatic carbocycles. The van der Waals surface area contributed by atoms with Crippen LogP contribution in [0.1, 0.15) is 30.6 Å². The molecule has 3 heterocycles. The van der Waals surface area contributed by atoms with E-state index < -0.39 is 0 Å². The minimum atomic E-state index is 0.745. The van der Waals surface area contributed by atoms with Crippen LogP contribution < -0.4 is 10.2 Å². The lowest BCUT2D eigenvalue weighted by Gasteiger charge is -2.23. The molecule has 5 heteroatoms. The topological polar surface area (TPSA) is 41.1 Å². The average Bonchev–Trinajstić information content (AvgIpc) is 3.01. The quantitative estimate of drug-likeness (QED) is 0.721. The van der Waals surface area contributed by atoms with Crippen molar-refractivity contribution >= 4 is 34.0 Å². The van der Waals surface area contributed by atoms with E-state index in [-0.39, 0.29) is 0 Å². The highest BCUT2D eigenvalue weighted by Gasteiger charge is 2.16. The highest BCUT2D eigenvalue weighted by Crippen LogP contribution is 2.27. The van der Waals surface area contributed by atoms with Gasteiger partial charge in [-0.05, 0) is 42.8 Å². The standard InChI is InChI=1S/C20H24N4S/c1-2-6-14-24(13-5-1)19-17-9-3-4-10-18(17)22-20(23-19)21-12-11-16-8-7-15-25-16/h3-4,7-10,15H,1-2,5-6,11-14H2,(H,21,22,23). The van der Waals surface area contributed by atoms with Gasteiger partial charge in [0.2, 0.25) is 5.95 Å². The summed E-state index contributed by atoms with van der Waals surface area (Å²) in [5, 5.41) is 6.71. The third kappa shape index (κ3) is 3.93. The number of fused-ring (bicyclic) bond motifs is 1. The van der Waals surface area contributed by atoms with Gasteiger partial charge in [0.25, 0.3) is 0 Å². The summed E-state index contributed by atoms with van der Waals surface area (Å²) in [5.74, 6) is 1.83. The highest BCUT2D eigenvalue weighted by atomic mass is 32.1. The Bertz CT molecular complexity index is 808. The van der Waals surface area contributed by atoms with Gasteiger partial charge in [0.15, 0.2) is 0 Å². The maximum absolute atomic E-state index is 4.89. The van der Waals surface area contributed by atoms with Gasteiger partial charge < -0.3 is 10.2 Å². The van der Waals surface area contributed by atoms with Crippen LogP contribution in [0.15, 0.2) is 41.8 Å². The molecule has 0 radical (unpaired) electrons. The lowest BCUT2D eigenvalue weighted by Crippen LogP contribution is -2.25. The number of hydrogen-bond acceptors (Lipinski definition) is 5. The molecule has 0 amide bonds. The molecule has 1 aliphatic rings. The molecule has 1 saturated heterocycles. The summed E-state index contributed by atoms with van der Waals surface area (Å²) in [6, 6.07) is 12.6. The Hall–Kier alpha value is -2.14. The molecule has 0 bridgehead atoms. The summed E-state index contributed by atoms with van der Waals surface area (Å²) < 4.78 is 0. The number of nitrogens with one attached hydrogen (secondary N) is 1. The Labute approximate surface area is 152 Å². The first-order valence-electron chi connectivity index (χ1n) is 9.18. The number of para-hydroxylation sites is 1. The van der Waals surface area contributed by atoms with Crippen molar-refractivity contribution in [1.82, 2.24) is 9.97 Å². The van der Waals surface area contributed by atoms with E-state index in [1.54, 1.807) is 11.3 Å². The maximum Gasteiger partial charge on any atom is 0.225 e. The smallest absolute Gasteiger partial charge is 0.225 e. The summed E-state index contributed by atoms with van der Waals surface area (Å²) >= 11 is 1.80. The third-order valence-electron chi connectivity index (χ3n) is 4.72. The molecule has 4 nitrogen and oxygen atoms in total. The summed E-state index contributed by atoms with van der Waals surface area (Å²) in [6.45, 7) is 3.05. The molecule has 0 saturated carbocycles. The molecule has 0 spiro atoms. The van der Waals surface area contributed by atoms with Crippen LogP contribution in [0.4, 0.5) is 11.8 Å². The molecule has 3 aromatic rings. The van der Waals surface area contributed by atoms with Gasteiger partial charge in [-0.15, -0.1) is 11.3 Å². The molecule has 1 N–H and O–H groups in total. The summed E-state index contributed by atoms with van der Waals surface area (Å²) in [6.07, 6.45) is 6.16. The minimum absolute atomic E-state index is 0.745. The third-order valence-corrected chi connectivity index (χ3v) is 5.66. The second-order valence-corrected chi connectivity index (χ2v) is 7.58. The average molecular weight is 353 g/mol. The lowest BCUT2D eigenvalue weighted by atomic mass is 10.2. The normalized spacial score (nSPS) is 15.3. The second-order valence-electron chi connectivity index (χ2n) is 6.55. The monoisotopic (exact) mass is 352 g/mol. The maximum atomic E-state index is 4.89. The highest BCUT2D eigenvalue weighted by molar-refractivity contribution is 7.09. The number of anilines is 2. The fourth-order valence-electron chi connectivity index (χ4n) is 3.41. The molecular weight excluding hydrogens is 328 g/mol. The van der Waals surface area contributed by atoms with Crippen molar-refractivity contribution in [2.75, 3.05) is 29.9 Å². The van der Waals surface area contributed by atoms with Crippen molar-refractivity contribution in [2.45, 2.75) is 32.1 Å². The number of rotatable bonds is 5. The molecule has 0 atom stereocenters. The number of thiophene rings is 1. The van der Waals surface area contributed by atoms with Gasteiger partial charge >= 0.3 is 0 Å². The summed E-state index contributed by atoms with van der Waals surface area (Å²) in [7, 11) is 0. The minimum Gasteiger partial charge on any atom is -0.356 e. The Balaban J connectivity index is 1.58. The first-order valence-corrected chi connectivity index (χ1v) is 10.1. The number of benzene rings is 1. The van der Waals surface area contributed by atoms with Crippen molar-refractivity contribution in [3.05, 3.63) is 46.7 Å². The number of hydrogen-bond donors (Lipinski definition) is 1. The Morgan fingerprint density at radius 2 is 1.80 bits per heavy atom. The Morgan fingerprint density at radius 3 is 2.60 bits per heavy atom. The van der Waals surface area contributed by atoms with Crippen molar-refractivity contribution in [3.63, 3.8) is 0 Å². The largest absolute Gasteiger partial charge is 0.356 e. The first-order chi connectivity index (χ1) is 12.4. The van der Waals surface area contributed by atoms with Gasteiger partial charge in [-0.3, -0.25) is 0 Å². The van der Waals surface area contributed by atoms with Crippen LogP contribution in [0.5, 0.6) is 0 Å². The van der Waals surface area contributed by atoms with E-state index >= 15 is 0 Å². The van der Waals surface area contributed by atoms with Crippen LogP contribution in [0.2, 0.25) is 0 Å². The van der Waals surface area contributed by atoms with E-state index in [9.17, 15) is 0 Å². The van der Waals surface area contributed by atoms with Crippen LogP contribution in [0, 0.1) is 0 Å². The Morgan fingerprint density at radius 1 is 0.960 bits per heavy atom. The van der Waals surface area contributed by atoms with E-state index in [1.807, 2.05) is 0 Å². The van der Waals surface area contributed by atoms with Crippen molar-refractivity contribution in [3.8, 4) is 0 Å². The molecule has 0 unspecified atom stereocenters. The summed E-state index contributed by atoms with van der Waals surface area (Å²) in [4.78, 5) is 13.5. The molecular formula is C20H24N4S. The molecule has 1 aliphatic heterocycles. The van der Waals surface area contributed by atoms with Crippen molar-refractivity contribution in [1.29, 1.82) is 0 Å². The zero-order valence-corrected chi connectivity index (χ0v) is 15.3. The molecule has 4 rings (SSSR count). The van der Waals surface area contributed by atoms with Gasteiger partial charge in [-0.25, -0.2) is 4.98 Å². The van der Waals surface area contributed by atoms with E-state index in [2.05, 4.69) is 52.0 Å². The zero-order chi connectivity index (χ0) is 16.9. The molecule has 2 aromatic heterocycles. The predicted octanol–water partition coefficient (Wildman–Crippen LogP) is 4.73. The predicted molar refractivity (Wildman–Crippen MR) is 107 cm³/mol. The van der Waals surface area contributed by atoms with Crippen molar-refractivity contribution in [2.24, 2.45) is 0 Å². The number of aromatic nitrogens is 2. The van der Waals surface area contributed by atoms with Crippen LogP contribution in [-0.2, 0) is 6.42 Å². The van der Waals surface area contributed by atoms with Gasteiger partial charge in [0.05, 0.1) is 5.52 Å². The van der Waals surface area contributed by atoms with Gasteiger partial charge in [-0.1, -0.05) is 31.0 Å². The van der Waals surface area contributed by atoms with E-state index in [4.69, 9.17) is 9.97 Å². The fraction of sp³-hybridized carbons (Fsp3) is 0.400. The van der Waals surface area contributed by atoms with Crippen LogP contribution in [-0.4, -0.2) is 29.6 Å². The van der Waals surface area contributed by atoms with E-state index in [0.29, 0.717) is 0 Å². The van der Waals surface area contributed by atoms with Crippen molar-refractivity contribution < 1.29 is 0 Å². The number of nitrogens with zero attached hydrogens (tertiary/aromatic N) is 3. The SMILES string of the molecule is c1csc(CCNc2nc(N3CCCCCC3)c3ccccc3n2)c1. The molecule has 130 valence electrons. The van der Waals surface area contributed by atoms with Crippen LogP contribution in [0.25, 0.3) is 10.9 Å². The fourth-order valence-corrected chi connectivity index (χ4v) is 4.12. The van der Waals surface area contributed by atoms with E-state index in [0.717, 1.165) is 48.7 Å². The van der Waals surface area contributed by atoms with Crippen LogP contribution >= 0.6 is 11.3 Å². The second kappa shape index (κ2) is 7.83. The van der Waals surface area contributed by atoms with Gasteiger partial charge in [0.1, 0.15) is 5.82 Å². The van der Waals surface area contributed by atoms with E-state index in [1.165, 1.54) is 30.6 Å². The summed E-state index contributed by atoms with van der Waals surface area (Å²) in [5.41, 5.74) is 1.02. The first kappa shape index (κ1) is 16.3. The molecule has 1 aromatic carbocycles. The molecule has 25 heavy (non-hydrogen) atoms. The Kier molecular flexibility index (Phi) is 5.11. The van der Waals surface area contributed by atoms with Gasteiger partial charge in [-0.2, -0.15) is 4.98 Å². The lowest BCUT2D eigenvalue weighted by molar-refractivity contribution is 0.726. The zero-order valence-electron chi connectivity index (χ0n) is 14.4. The van der Waals surface area contributed by atoms with Crippen LogP contribution in [0.3, 0.4) is 0 Å². The van der Waals surface area contributed by atoms with Gasteiger partial charge in [0, 0.05) is 29.9 Å². The molecule has 1 fully saturated rings.